The maximum Gasteiger partial charge on any atom is 0.269 e. The molecular formula is C53H65N3O14. The van der Waals surface area contributed by atoms with Crippen molar-refractivity contribution in [3.05, 3.63) is 118 Å². The predicted octanol–water partition coefficient (Wildman–Crippen LogP) is 7.92. The van der Waals surface area contributed by atoms with E-state index in [1.807, 2.05) is 12.1 Å². The summed E-state index contributed by atoms with van der Waals surface area (Å²) in [5.41, 5.74) is 3.05. The van der Waals surface area contributed by atoms with E-state index in [0.717, 1.165) is 36.8 Å². The number of aliphatic hydroxyl groups is 3. The molecule has 17 heteroatoms. The van der Waals surface area contributed by atoms with Gasteiger partial charge in [0, 0.05) is 62.3 Å². The number of hydrogen-bond acceptors (Lipinski definition) is 15. The number of unbranched alkanes of at least 4 members (excludes halogenated alkanes) is 2. The second-order valence-electron chi connectivity index (χ2n) is 17.8. The van der Waals surface area contributed by atoms with Crippen LogP contribution < -0.4 is 14.2 Å². The highest BCUT2D eigenvalue weighted by atomic mass is 16.8. The zero-order chi connectivity index (χ0) is 49.5. The first kappa shape index (κ1) is 51.9. The standard InChI is InChI=1S/C53H65N3O14/c1-3-27-67-53-48(55(23-29-65-30-26-59)49(61)22-15-36-13-16-39(17-14-36)56(62)63)34-45(54-70-50-12-6-9-28-66-50)43-32-37(10-4-7-24-57)42(11-5-8-25-58)51(52(43)53)44-33-41(19-21-47(44)69-53)68-40-18-20-46(64-2)38(31-40)35-60/h3,13-22,31-33,35,37,42,48,50-52,57-59H,1,4-12,23-30,34H2,2H3/t37-,42+,48-,50?,51+,52+,53+/m0/s1. The number of amides is 1. The van der Waals surface area contributed by atoms with Gasteiger partial charge in [-0.3, -0.25) is 19.7 Å². The lowest BCUT2D eigenvalue weighted by atomic mass is 9.55. The number of non-ortho nitro benzene ring substituents is 1. The van der Waals surface area contributed by atoms with Gasteiger partial charge in [0.15, 0.2) is 6.29 Å². The molecule has 3 N–H and O–H groups in total. The molecule has 7 atom stereocenters. The highest BCUT2D eigenvalue weighted by Crippen LogP contribution is 2.62. The van der Waals surface area contributed by atoms with Crippen LogP contribution in [0.25, 0.3) is 6.08 Å². The number of allylic oxidation sites excluding steroid dienone is 1. The minimum atomic E-state index is -1.59. The lowest BCUT2D eigenvalue weighted by Gasteiger charge is -2.60. The number of ether oxygens (including phenoxy) is 6. The van der Waals surface area contributed by atoms with Gasteiger partial charge in [0.1, 0.15) is 29.0 Å². The molecule has 3 aromatic carbocycles. The number of aliphatic hydroxyl groups excluding tert-OH is 3. The van der Waals surface area contributed by atoms with Gasteiger partial charge in [-0.15, -0.1) is 6.58 Å². The van der Waals surface area contributed by atoms with Crippen LogP contribution in [0, 0.1) is 27.9 Å². The highest BCUT2D eigenvalue weighted by Gasteiger charge is 2.65. The number of methoxy groups -OCH3 is 1. The number of benzene rings is 3. The Labute approximate surface area is 408 Å². The minimum absolute atomic E-state index is 0.0219. The molecular weight excluding hydrogens is 903 g/mol. The van der Waals surface area contributed by atoms with Crippen molar-refractivity contribution >= 4 is 29.7 Å². The number of aldehydes is 1. The van der Waals surface area contributed by atoms with Gasteiger partial charge in [0.2, 0.25) is 18.0 Å². The second-order valence-corrected chi connectivity index (χ2v) is 17.8. The van der Waals surface area contributed by atoms with E-state index < -0.39 is 34.9 Å². The van der Waals surface area contributed by atoms with Gasteiger partial charge in [-0.05, 0) is 116 Å². The van der Waals surface area contributed by atoms with Crippen LogP contribution in [0.5, 0.6) is 23.0 Å². The molecule has 4 aliphatic rings. The topological polar surface area (TPSA) is 218 Å². The molecule has 1 saturated carbocycles. The fourth-order valence-corrected chi connectivity index (χ4v) is 10.4. The summed E-state index contributed by atoms with van der Waals surface area (Å²) in [5, 5.41) is 46.0. The van der Waals surface area contributed by atoms with Crippen LogP contribution in [-0.4, -0.2) is 121 Å². The van der Waals surface area contributed by atoms with Crippen LogP contribution in [-0.2, 0) is 23.8 Å². The molecule has 2 aliphatic carbocycles. The number of hydrogen-bond donors (Lipinski definition) is 3. The SMILES string of the molecule is C=CCO[C@@]12Oc3ccc(Oc4ccc(OC)c(C=O)c4)cc3[C@H]3[C@H](CCCCO)[C@@H](CCCCO)C=C(C(=NOC4CCCCO4)C[C@@H]1N(CCOCCO)C(=O)C=Cc1ccc([N+](=O)[O-])cc1)[C@H]32. The molecule has 376 valence electrons. The van der Waals surface area contributed by atoms with E-state index in [9.17, 15) is 35.0 Å². The molecule has 7 rings (SSSR count). The Morgan fingerprint density at radius 3 is 2.46 bits per heavy atom. The molecule has 2 aliphatic heterocycles. The van der Waals surface area contributed by atoms with Gasteiger partial charge < -0.3 is 53.5 Å². The molecule has 1 amide bonds. The van der Waals surface area contributed by atoms with Crippen molar-refractivity contribution in [1.29, 1.82) is 0 Å². The molecule has 17 nitrogen and oxygen atoms in total. The van der Waals surface area contributed by atoms with Gasteiger partial charge in [0.05, 0.1) is 62.3 Å². The maximum absolute atomic E-state index is 15.0. The van der Waals surface area contributed by atoms with E-state index in [-0.39, 0.29) is 76.0 Å². The molecule has 70 heavy (non-hydrogen) atoms. The van der Waals surface area contributed by atoms with E-state index in [1.165, 1.54) is 25.3 Å². The number of nitro groups is 1. The van der Waals surface area contributed by atoms with Crippen LogP contribution in [0.2, 0.25) is 0 Å². The molecule has 0 bridgehead atoms. The van der Waals surface area contributed by atoms with Crippen molar-refractivity contribution in [3.8, 4) is 23.0 Å². The van der Waals surface area contributed by atoms with Crippen molar-refractivity contribution in [2.45, 2.75) is 88.2 Å². The van der Waals surface area contributed by atoms with Crippen molar-refractivity contribution in [2.75, 3.05) is 59.9 Å². The molecule has 1 saturated heterocycles. The smallest absolute Gasteiger partial charge is 0.269 e. The summed E-state index contributed by atoms with van der Waals surface area (Å²) >= 11 is 0. The normalized spacial score (nSPS) is 24.2. The Kier molecular flexibility index (Phi) is 18.7. The number of oxime groups is 1. The van der Waals surface area contributed by atoms with Gasteiger partial charge in [-0.1, -0.05) is 30.1 Å². The number of carbonyl (C=O) groups is 2. The number of carbonyl (C=O) groups excluding carboxylic acids is 2. The van der Waals surface area contributed by atoms with Gasteiger partial charge in [-0.2, -0.15) is 0 Å². The molecule has 3 aromatic rings. The monoisotopic (exact) mass is 967 g/mol. The quantitative estimate of drug-likeness (QED) is 0.0174. The van der Waals surface area contributed by atoms with Gasteiger partial charge >= 0.3 is 0 Å². The summed E-state index contributed by atoms with van der Waals surface area (Å²) in [4.78, 5) is 45.8. The summed E-state index contributed by atoms with van der Waals surface area (Å²) in [5.74, 6) is -1.31. The Bertz CT molecular complexity index is 2350. The number of rotatable bonds is 26. The zero-order valence-electron chi connectivity index (χ0n) is 39.7. The summed E-state index contributed by atoms with van der Waals surface area (Å²) in [7, 11) is 1.49. The molecule has 0 spiro atoms. The maximum atomic E-state index is 15.0. The minimum Gasteiger partial charge on any atom is -0.496 e. The zero-order valence-corrected chi connectivity index (χ0v) is 39.7. The van der Waals surface area contributed by atoms with E-state index in [4.69, 9.17) is 38.4 Å². The van der Waals surface area contributed by atoms with Gasteiger partial charge in [-0.25, -0.2) is 0 Å². The Morgan fingerprint density at radius 2 is 1.76 bits per heavy atom. The first-order valence-electron chi connectivity index (χ1n) is 24.3. The fourth-order valence-electron chi connectivity index (χ4n) is 10.4. The third-order valence-electron chi connectivity index (χ3n) is 13.5. The van der Waals surface area contributed by atoms with Crippen molar-refractivity contribution in [2.24, 2.45) is 22.9 Å². The highest BCUT2D eigenvalue weighted by molar-refractivity contribution is 6.03. The molecule has 1 unspecified atom stereocenters. The third kappa shape index (κ3) is 12.1. The fraction of sp³-hybridized carbons (Fsp3) is 0.491. The van der Waals surface area contributed by atoms with Crippen LogP contribution >= 0.6 is 0 Å². The third-order valence-corrected chi connectivity index (χ3v) is 13.5. The van der Waals surface area contributed by atoms with E-state index >= 15 is 0 Å². The van der Waals surface area contributed by atoms with Crippen molar-refractivity contribution in [1.82, 2.24) is 4.90 Å². The van der Waals surface area contributed by atoms with E-state index in [1.54, 1.807) is 53.5 Å². The summed E-state index contributed by atoms with van der Waals surface area (Å²) in [6.45, 7) is 4.57. The lowest BCUT2D eigenvalue weighted by molar-refractivity contribution is -0.384. The summed E-state index contributed by atoms with van der Waals surface area (Å²) < 4.78 is 38.1. The lowest BCUT2D eigenvalue weighted by Crippen LogP contribution is -2.70. The van der Waals surface area contributed by atoms with Gasteiger partial charge in [0.25, 0.3) is 5.69 Å². The van der Waals surface area contributed by atoms with Crippen LogP contribution in [0.3, 0.4) is 0 Å². The average molecular weight is 968 g/mol. The first-order valence-corrected chi connectivity index (χ1v) is 24.3. The first-order chi connectivity index (χ1) is 34.2. The average Bonchev–Trinajstić information content (AvgIpc) is 3.38. The predicted molar refractivity (Wildman–Crippen MR) is 260 cm³/mol. The van der Waals surface area contributed by atoms with Crippen LogP contribution in [0.4, 0.5) is 5.69 Å². The molecule has 0 radical (unpaired) electrons. The summed E-state index contributed by atoms with van der Waals surface area (Å²) in [6.07, 6.45) is 13.7. The van der Waals surface area contributed by atoms with Crippen molar-refractivity contribution in [3.63, 3.8) is 0 Å². The van der Waals surface area contributed by atoms with E-state index in [0.29, 0.717) is 84.8 Å². The Hall–Kier alpha value is -5.95. The van der Waals surface area contributed by atoms with E-state index in [2.05, 4.69) is 12.7 Å². The Morgan fingerprint density at radius 1 is 0.986 bits per heavy atom. The molecule has 2 fully saturated rings. The van der Waals surface area contributed by atoms with Crippen LogP contribution in [0.15, 0.2) is 96.2 Å². The summed E-state index contributed by atoms with van der Waals surface area (Å²) in [6, 6.07) is 15.6. The molecule has 0 aromatic heterocycles. The van der Waals surface area contributed by atoms with Crippen LogP contribution in [0.1, 0.15) is 91.6 Å². The second kappa shape index (κ2) is 25.3. The largest absolute Gasteiger partial charge is 0.496 e. The van der Waals surface area contributed by atoms with Crippen molar-refractivity contribution < 1.29 is 63.1 Å². The molecule has 2 heterocycles. The number of nitro benzene ring substituents is 1. The Balaban J connectivity index is 1.43. The number of nitrogens with zero attached hydrogens (tertiary/aromatic N) is 3. The number of fused-ring (bicyclic) bond motifs is 2.